The molecular formula is C18H17N3O3. The fourth-order valence-corrected chi connectivity index (χ4v) is 3.23. The number of amides is 1. The molecule has 0 saturated carbocycles. The van der Waals surface area contributed by atoms with Crippen LogP contribution in [0, 0.1) is 0 Å². The molecule has 1 atom stereocenters. The van der Waals surface area contributed by atoms with Gasteiger partial charge in [-0.15, -0.1) is 0 Å². The maximum absolute atomic E-state index is 12.2. The van der Waals surface area contributed by atoms with E-state index in [0.29, 0.717) is 23.9 Å². The van der Waals surface area contributed by atoms with Crippen molar-refractivity contribution in [3.05, 3.63) is 48.0 Å². The molecule has 2 aromatic carbocycles. The summed E-state index contributed by atoms with van der Waals surface area (Å²) in [6.07, 6.45) is 0.329. The fourth-order valence-electron chi connectivity index (χ4n) is 3.23. The van der Waals surface area contributed by atoms with E-state index in [1.165, 1.54) is 0 Å². The third-order valence-corrected chi connectivity index (χ3v) is 4.34. The van der Waals surface area contributed by atoms with Crippen LogP contribution in [0.3, 0.4) is 0 Å². The molecular weight excluding hydrogens is 306 g/mol. The average Bonchev–Trinajstić information content (AvgIpc) is 2.98. The molecule has 4 rings (SSSR count). The summed E-state index contributed by atoms with van der Waals surface area (Å²) >= 11 is 0. The number of anilines is 1. The van der Waals surface area contributed by atoms with Gasteiger partial charge in [-0.05, 0) is 24.3 Å². The van der Waals surface area contributed by atoms with Crippen LogP contribution in [0.15, 0.2) is 42.5 Å². The van der Waals surface area contributed by atoms with Gasteiger partial charge >= 0.3 is 0 Å². The topological polar surface area (TPSA) is 65.4 Å². The first-order valence-corrected chi connectivity index (χ1v) is 7.70. The van der Waals surface area contributed by atoms with Gasteiger partial charge in [-0.25, -0.2) is 4.98 Å². The highest BCUT2D eigenvalue weighted by atomic mass is 16.5. The number of fused-ring (bicyclic) bond motifs is 3. The third-order valence-electron chi connectivity index (χ3n) is 4.34. The van der Waals surface area contributed by atoms with Crippen LogP contribution in [0.2, 0.25) is 0 Å². The summed E-state index contributed by atoms with van der Waals surface area (Å²) in [5.41, 5.74) is 2.76. The van der Waals surface area contributed by atoms with E-state index in [0.717, 1.165) is 16.6 Å². The first-order valence-electron chi connectivity index (χ1n) is 7.70. The summed E-state index contributed by atoms with van der Waals surface area (Å²) in [6.45, 7) is 0. The summed E-state index contributed by atoms with van der Waals surface area (Å²) in [5.74, 6) is 1.92. The Morgan fingerprint density at radius 3 is 2.79 bits per heavy atom. The maximum Gasteiger partial charge on any atom is 0.229 e. The highest BCUT2D eigenvalue weighted by Gasteiger charge is 2.30. The number of methoxy groups -OCH3 is 2. The standard InChI is InChI=1S/C18H17N3O3/c1-23-11-7-8-12(16(9-11)24-2)15-10-17(22)20-18-19-13-5-3-4-6-14(13)21(15)18/h3-9,15H,10H2,1-2H3,(H,19,20,22). The Kier molecular flexibility index (Phi) is 3.37. The lowest BCUT2D eigenvalue weighted by Crippen LogP contribution is -2.28. The first kappa shape index (κ1) is 14.6. The van der Waals surface area contributed by atoms with Gasteiger partial charge in [0.05, 0.1) is 37.7 Å². The van der Waals surface area contributed by atoms with Gasteiger partial charge < -0.3 is 14.0 Å². The van der Waals surface area contributed by atoms with Gasteiger partial charge in [-0.2, -0.15) is 0 Å². The number of hydrogen-bond acceptors (Lipinski definition) is 4. The summed E-state index contributed by atoms with van der Waals surface area (Å²) < 4.78 is 12.9. The molecule has 0 saturated heterocycles. The third kappa shape index (κ3) is 2.19. The molecule has 0 bridgehead atoms. The smallest absolute Gasteiger partial charge is 0.229 e. The van der Waals surface area contributed by atoms with E-state index in [-0.39, 0.29) is 11.9 Å². The molecule has 0 fully saturated rings. The highest BCUT2D eigenvalue weighted by molar-refractivity contribution is 5.94. The molecule has 6 heteroatoms. The van der Waals surface area contributed by atoms with Gasteiger partial charge in [-0.3, -0.25) is 10.1 Å². The Hall–Kier alpha value is -3.02. The zero-order valence-electron chi connectivity index (χ0n) is 13.4. The fraction of sp³-hybridized carbons (Fsp3) is 0.222. The molecule has 1 aromatic heterocycles. The minimum Gasteiger partial charge on any atom is -0.497 e. The molecule has 2 heterocycles. The van der Waals surface area contributed by atoms with Crippen LogP contribution >= 0.6 is 0 Å². The molecule has 1 N–H and O–H groups in total. The van der Waals surface area contributed by atoms with Gasteiger partial charge in [0.2, 0.25) is 11.9 Å². The lowest BCUT2D eigenvalue weighted by atomic mass is 10.00. The van der Waals surface area contributed by atoms with Crippen molar-refractivity contribution in [3.63, 3.8) is 0 Å². The minimum atomic E-state index is -0.179. The lowest BCUT2D eigenvalue weighted by Gasteiger charge is -2.27. The summed E-state index contributed by atoms with van der Waals surface area (Å²) in [5, 5.41) is 2.86. The number of aromatic nitrogens is 2. The molecule has 0 aliphatic carbocycles. The first-order chi connectivity index (χ1) is 11.7. The molecule has 3 aromatic rings. The minimum absolute atomic E-state index is 0.0549. The number of nitrogens with zero attached hydrogens (tertiary/aromatic N) is 2. The summed E-state index contributed by atoms with van der Waals surface area (Å²) in [6, 6.07) is 13.3. The number of benzene rings is 2. The molecule has 0 radical (unpaired) electrons. The van der Waals surface area contributed by atoms with Crippen molar-refractivity contribution >= 4 is 22.9 Å². The molecule has 1 unspecified atom stereocenters. The van der Waals surface area contributed by atoms with Crippen LogP contribution in [-0.4, -0.2) is 29.7 Å². The van der Waals surface area contributed by atoms with Crippen molar-refractivity contribution in [3.8, 4) is 11.5 Å². The second-order valence-electron chi connectivity index (χ2n) is 5.67. The summed E-state index contributed by atoms with van der Waals surface area (Å²) in [7, 11) is 3.23. The second kappa shape index (κ2) is 5.56. The van der Waals surface area contributed by atoms with E-state index in [1.807, 2.05) is 42.5 Å². The SMILES string of the molecule is COc1ccc(C2CC(=O)Nc3nc4ccccc4n32)c(OC)c1. The predicted octanol–water partition coefficient (Wildman–Crippen LogP) is 2.99. The quantitative estimate of drug-likeness (QED) is 0.805. The average molecular weight is 323 g/mol. The zero-order valence-corrected chi connectivity index (χ0v) is 13.4. The molecule has 122 valence electrons. The molecule has 24 heavy (non-hydrogen) atoms. The van der Waals surface area contributed by atoms with Gasteiger partial charge in [0.25, 0.3) is 0 Å². The van der Waals surface area contributed by atoms with Gasteiger partial charge in [0, 0.05) is 11.6 Å². The van der Waals surface area contributed by atoms with Crippen molar-refractivity contribution in [2.75, 3.05) is 19.5 Å². The number of para-hydroxylation sites is 2. The monoisotopic (exact) mass is 323 g/mol. The normalized spacial score (nSPS) is 16.6. The maximum atomic E-state index is 12.2. The van der Waals surface area contributed by atoms with E-state index in [2.05, 4.69) is 14.9 Å². The number of ether oxygens (including phenoxy) is 2. The molecule has 1 aliphatic rings. The van der Waals surface area contributed by atoms with E-state index in [4.69, 9.17) is 9.47 Å². The van der Waals surface area contributed by atoms with Crippen molar-refractivity contribution in [2.24, 2.45) is 0 Å². The number of imidazole rings is 1. The molecule has 6 nitrogen and oxygen atoms in total. The van der Waals surface area contributed by atoms with Crippen LogP contribution in [0.25, 0.3) is 11.0 Å². The molecule has 1 aliphatic heterocycles. The van der Waals surface area contributed by atoms with E-state index in [1.54, 1.807) is 14.2 Å². The van der Waals surface area contributed by atoms with E-state index < -0.39 is 0 Å². The Morgan fingerprint density at radius 1 is 1.17 bits per heavy atom. The second-order valence-corrected chi connectivity index (χ2v) is 5.67. The van der Waals surface area contributed by atoms with Gasteiger partial charge in [0.15, 0.2) is 0 Å². The largest absolute Gasteiger partial charge is 0.497 e. The lowest BCUT2D eigenvalue weighted by molar-refractivity contribution is -0.117. The van der Waals surface area contributed by atoms with Crippen LogP contribution in [0.1, 0.15) is 18.0 Å². The predicted molar refractivity (Wildman–Crippen MR) is 90.7 cm³/mol. The molecule has 1 amide bonds. The number of hydrogen-bond donors (Lipinski definition) is 1. The van der Waals surface area contributed by atoms with Gasteiger partial charge in [0.1, 0.15) is 11.5 Å². The van der Waals surface area contributed by atoms with Crippen LogP contribution in [-0.2, 0) is 4.79 Å². The number of rotatable bonds is 3. The van der Waals surface area contributed by atoms with E-state index >= 15 is 0 Å². The van der Waals surface area contributed by atoms with Crippen LogP contribution in [0.5, 0.6) is 11.5 Å². The van der Waals surface area contributed by atoms with Crippen molar-refractivity contribution < 1.29 is 14.3 Å². The Labute approximate surface area is 139 Å². The summed E-state index contributed by atoms with van der Waals surface area (Å²) in [4.78, 5) is 16.7. The van der Waals surface area contributed by atoms with Gasteiger partial charge in [-0.1, -0.05) is 12.1 Å². The van der Waals surface area contributed by atoms with Crippen LogP contribution in [0.4, 0.5) is 5.95 Å². The zero-order chi connectivity index (χ0) is 16.7. The Bertz CT molecular complexity index is 932. The highest BCUT2D eigenvalue weighted by Crippen LogP contribution is 2.39. The van der Waals surface area contributed by atoms with Crippen molar-refractivity contribution in [1.29, 1.82) is 0 Å². The Morgan fingerprint density at radius 2 is 2.00 bits per heavy atom. The van der Waals surface area contributed by atoms with Crippen LogP contribution < -0.4 is 14.8 Å². The molecule has 0 spiro atoms. The Balaban J connectivity index is 1.93. The van der Waals surface area contributed by atoms with E-state index in [9.17, 15) is 4.79 Å². The number of carbonyl (C=O) groups excluding carboxylic acids is 1. The number of carbonyl (C=O) groups is 1. The van der Waals surface area contributed by atoms with Crippen molar-refractivity contribution in [1.82, 2.24) is 9.55 Å². The number of nitrogens with one attached hydrogen (secondary N) is 1. The van der Waals surface area contributed by atoms with Crippen molar-refractivity contribution in [2.45, 2.75) is 12.5 Å².